The third kappa shape index (κ3) is 7.37. The Morgan fingerprint density at radius 1 is 0.929 bits per heavy atom. The summed E-state index contributed by atoms with van der Waals surface area (Å²) in [6.45, 7) is 7.76. The van der Waals surface area contributed by atoms with Crippen molar-refractivity contribution < 1.29 is 0 Å². The fraction of sp³-hybridized carbons (Fsp3) is 1.00. The van der Waals surface area contributed by atoms with Crippen molar-refractivity contribution in [2.24, 2.45) is 17.6 Å². The van der Waals surface area contributed by atoms with Crippen molar-refractivity contribution in [1.82, 2.24) is 0 Å². The molecule has 0 saturated heterocycles. The zero-order valence-corrected chi connectivity index (χ0v) is 10.4. The molecule has 0 aromatic rings. The molecule has 0 aliphatic carbocycles. The molecule has 0 aromatic carbocycles. The Balaban J connectivity index is 3.20. The molecule has 2 atom stereocenters. The van der Waals surface area contributed by atoms with Crippen molar-refractivity contribution in [3.63, 3.8) is 0 Å². The third-order valence-corrected chi connectivity index (χ3v) is 3.42. The smallest absolute Gasteiger partial charge is 0.00490 e. The highest BCUT2D eigenvalue weighted by Crippen LogP contribution is 2.16. The largest absolute Gasteiger partial charge is 0.330 e. The predicted octanol–water partition coefficient (Wildman–Crippen LogP) is 3.97. The van der Waals surface area contributed by atoms with Crippen LogP contribution in [0.3, 0.4) is 0 Å². The second-order valence-electron chi connectivity index (χ2n) is 4.66. The van der Waals surface area contributed by atoms with Gasteiger partial charge in [0.15, 0.2) is 0 Å². The minimum atomic E-state index is 0.776. The molecule has 0 heterocycles. The van der Waals surface area contributed by atoms with Crippen molar-refractivity contribution >= 4 is 0 Å². The first kappa shape index (κ1) is 14.0. The monoisotopic (exact) mass is 199 g/mol. The van der Waals surface area contributed by atoms with Crippen molar-refractivity contribution in [2.45, 2.75) is 65.7 Å². The topological polar surface area (TPSA) is 26.0 Å². The lowest BCUT2D eigenvalue weighted by atomic mass is 9.96. The van der Waals surface area contributed by atoms with E-state index in [0.29, 0.717) is 0 Å². The van der Waals surface area contributed by atoms with Crippen molar-refractivity contribution in [2.75, 3.05) is 6.54 Å². The Bertz CT molecular complexity index is 108. The van der Waals surface area contributed by atoms with Gasteiger partial charge in [-0.25, -0.2) is 0 Å². The van der Waals surface area contributed by atoms with Crippen LogP contribution in [0, 0.1) is 11.8 Å². The first-order valence-electron chi connectivity index (χ1n) is 6.44. The zero-order valence-electron chi connectivity index (χ0n) is 10.4. The van der Waals surface area contributed by atoms with Crippen LogP contribution in [0.2, 0.25) is 0 Å². The molecule has 1 heteroatoms. The van der Waals surface area contributed by atoms with E-state index >= 15 is 0 Å². The van der Waals surface area contributed by atoms with Crippen LogP contribution in [0.5, 0.6) is 0 Å². The Labute approximate surface area is 90.5 Å². The molecule has 0 aromatic heterocycles. The van der Waals surface area contributed by atoms with Gasteiger partial charge in [-0.2, -0.15) is 0 Å². The maximum absolute atomic E-state index is 5.67. The van der Waals surface area contributed by atoms with E-state index in [1.807, 2.05) is 0 Å². The molecule has 1 nitrogen and oxygen atoms in total. The highest BCUT2D eigenvalue weighted by Gasteiger charge is 2.03. The zero-order chi connectivity index (χ0) is 10.8. The molecular weight excluding hydrogens is 170 g/mol. The van der Waals surface area contributed by atoms with Gasteiger partial charge in [-0.05, 0) is 24.8 Å². The second-order valence-corrected chi connectivity index (χ2v) is 4.66. The fourth-order valence-corrected chi connectivity index (χ4v) is 1.80. The van der Waals surface area contributed by atoms with Crippen LogP contribution in [-0.4, -0.2) is 6.54 Å². The molecule has 0 aliphatic heterocycles. The SMILES string of the molecule is CC[C@H](C)CCCCC[C@@H](CC)CN. The van der Waals surface area contributed by atoms with Crippen LogP contribution in [0.15, 0.2) is 0 Å². The average molecular weight is 199 g/mol. The van der Waals surface area contributed by atoms with Gasteiger partial charge in [-0.3, -0.25) is 0 Å². The molecule has 0 unspecified atom stereocenters. The Morgan fingerprint density at radius 3 is 2.07 bits per heavy atom. The van der Waals surface area contributed by atoms with Crippen LogP contribution in [-0.2, 0) is 0 Å². The van der Waals surface area contributed by atoms with E-state index in [4.69, 9.17) is 5.73 Å². The van der Waals surface area contributed by atoms with Crippen LogP contribution in [0.4, 0.5) is 0 Å². The summed E-state index contributed by atoms with van der Waals surface area (Å²) in [4.78, 5) is 0. The first-order chi connectivity index (χ1) is 6.74. The van der Waals surface area contributed by atoms with E-state index in [-0.39, 0.29) is 0 Å². The number of rotatable bonds is 9. The molecule has 0 rings (SSSR count). The first-order valence-corrected chi connectivity index (χ1v) is 6.44. The van der Waals surface area contributed by atoms with Gasteiger partial charge >= 0.3 is 0 Å². The van der Waals surface area contributed by atoms with E-state index in [1.165, 1.54) is 44.9 Å². The summed E-state index contributed by atoms with van der Waals surface area (Å²) < 4.78 is 0. The van der Waals surface area contributed by atoms with E-state index in [2.05, 4.69) is 20.8 Å². The summed E-state index contributed by atoms with van der Waals surface area (Å²) in [5, 5.41) is 0. The minimum absolute atomic E-state index is 0.776. The summed E-state index contributed by atoms with van der Waals surface area (Å²) in [6, 6.07) is 0. The van der Waals surface area contributed by atoms with Gasteiger partial charge in [0.05, 0.1) is 0 Å². The van der Waals surface area contributed by atoms with Crippen LogP contribution >= 0.6 is 0 Å². The van der Waals surface area contributed by atoms with E-state index in [1.54, 1.807) is 0 Å². The lowest BCUT2D eigenvalue weighted by Gasteiger charge is -2.12. The maximum Gasteiger partial charge on any atom is -0.00490 e. The van der Waals surface area contributed by atoms with Crippen molar-refractivity contribution in [3.8, 4) is 0 Å². The Hall–Kier alpha value is -0.0400. The highest BCUT2D eigenvalue weighted by atomic mass is 14.5. The molecule has 0 bridgehead atoms. The molecule has 0 saturated carbocycles. The van der Waals surface area contributed by atoms with Crippen LogP contribution in [0.1, 0.15) is 65.7 Å². The quantitative estimate of drug-likeness (QED) is 0.559. The van der Waals surface area contributed by atoms with Gasteiger partial charge in [0, 0.05) is 0 Å². The summed E-state index contributed by atoms with van der Waals surface area (Å²) in [7, 11) is 0. The van der Waals surface area contributed by atoms with Crippen LogP contribution in [0.25, 0.3) is 0 Å². The summed E-state index contributed by atoms with van der Waals surface area (Å²) >= 11 is 0. The molecule has 0 radical (unpaired) electrons. The molecule has 0 spiro atoms. The number of hydrogen-bond acceptors (Lipinski definition) is 1. The predicted molar refractivity (Wildman–Crippen MR) is 65.4 cm³/mol. The molecule has 0 amide bonds. The molecule has 0 fully saturated rings. The normalized spacial score (nSPS) is 15.4. The summed E-state index contributed by atoms with van der Waals surface area (Å²) in [6.07, 6.45) is 9.54. The lowest BCUT2D eigenvalue weighted by Crippen LogP contribution is -2.13. The van der Waals surface area contributed by atoms with E-state index < -0.39 is 0 Å². The van der Waals surface area contributed by atoms with E-state index in [0.717, 1.165) is 18.4 Å². The Morgan fingerprint density at radius 2 is 1.57 bits per heavy atom. The average Bonchev–Trinajstić information content (AvgIpc) is 2.23. The highest BCUT2D eigenvalue weighted by molar-refractivity contribution is 4.58. The third-order valence-electron chi connectivity index (χ3n) is 3.42. The van der Waals surface area contributed by atoms with E-state index in [9.17, 15) is 0 Å². The van der Waals surface area contributed by atoms with Gasteiger partial charge in [0.1, 0.15) is 0 Å². The van der Waals surface area contributed by atoms with Gasteiger partial charge < -0.3 is 5.73 Å². The van der Waals surface area contributed by atoms with Crippen LogP contribution < -0.4 is 5.73 Å². The Kier molecular flexibility index (Phi) is 9.49. The lowest BCUT2D eigenvalue weighted by molar-refractivity contribution is 0.428. The molecule has 2 N–H and O–H groups in total. The van der Waals surface area contributed by atoms with Gasteiger partial charge in [-0.15, -0.1) is 0 Å². The van der Waals surface area contributed by atoms with Crippen molar-refractivity contribution in [1.29, 1.82) is 0 Å². The maximum atomic E-state index is 5.67. The van der Waals surface area contributed by atoms with Gasteiger partial charge in [-0.1, -0.05) is 59.3 Å². The minimum Gasteiger partial charge on any atom is -0.330 e. The number of nitrogens with two attached hydrogens (primary N) is 1. The van der Waals surface area contributed by atoms with Gasteiger partial charge in [0.25, 0.3) is 0 Å². The standard InChI is InChI=1S/C13H29N/c1-4-12(3)9-7-6-8-10-13(5-2)11-14/h12-13H,4-11,14H2,1-3H3/t12-,13+/m0/s1. The number of hydrogen-bond donors (Lipinski definition) is 1. The van der Waals surface area contributed by atoms with Gasteiger partial charge in [0.2, 0.25) is 0 Å². The summed E-state index contributed by atoms with van der Waals surface area (Å²) in [5.74, 6) is 1.70. The number of unbranched alkanes of at least 4 members (excludes halogenated alkanes) is 2. The molecule has 86 valence electrons. The second kappa shape index (κ2) is 9.51. The molecule has 14 heavy (non-hydrogen) atoms. The van der Waals surface area contributed by atoms with Crippen molar-refractivity contribution in [3.05, 3.63) is 0 Å². The fourth-order valence-electron chi connectivity index (χ4n) is 1.80. The molecule has 0 aliphatic rings. The summed E-state index contributed by atoms with van der Waals surface area (Å²) in [5.41, 5.74) is 5.67. The molecular formula is C13H29N.